The van der Waals surface area contributed by atoms with Gasteiger partial charge in [0.05, 0.1) is 5.88 Å². The van der Waals surface area contributed by atoms with Gasteiger partial charge >= 0.3 is 0 Å². The maximum atomic E-state index is 12.8. The topological polar surface area (TPSA) is 49.4 Å². The molecule has 2 aliphatic rings. The molecule has 1 N–H and O–H groups in total. The van der Waals surface area contributed by atoms with E-state index in [0.29, 0.717) is 18.2 Å². The van der Waals surface area contributed by atoms with Crippen molar-refractivity contribution in [3.8, 4) is 0 Å². The first-order valence-electron chi connectivity index (χ1n) is 9.61. The number of benzene rings is 1. The number of aryl methyl sites for hydroxylation is 1. The maximum absolute atomic E-state index is 12.8. The third-order valence-electron chi connectivity index (χ3n) is 5.68. The van der Waals surface area contributed by atoms with E-state index in [1.54, 1.807) is 11.8 Å². The average molecular weight is 375 g/mol. The molecule has 1 heterocycles. The Morgan fingerprint density at radius 1 is 1.27 bits per heavy atom. The van der Waals surface area contributed by atoms with Gasteiger partial charge in [0, 0.05) is 23.6 Å². The predicted molar refractivity (Wildman–Crippen MR) is 107 cm³/mol. The van der Waals surface area contributed by atoms with Crippen molar-refractivity contribution in [2.45, 2.75) is 57.9 Å². The van der Waals surface area contributed by atoms with Crippen LogP contribution in [0.2, 0.25) is 0 Å². The second-order valence-electron chi connectivity index (χ2n) is 8.28. The molecule has 0 spiro atoms. The van der Waals surface area contributed by atoms with E-state index in [1.807, 2.05) is 4.90 Å². The zero-order valence-electron chi connectivity index (χ0n) is 16.1. The predicted octanol–water partition coefficient (Wildman–Crippen LogP) is 3.48. The molecule has 1 atom stereocenters. The Labute approximate surface area is 161 Å². The summed E-state index contributed by atoms with van der Waals surface area (Å²) in [7, 11) is 0. The fourth-order valence-electron chi connectivity index (χ4n) is 3.88. The Morgan fingerprint density at radius 2 is 2.00 bits per heavy atom. The van der Waals surface area contributed by atoms with E-state index in [0.717, 1.165) is 25.7 Å². The van der Waals surface area contributed by atoms with E-state index in [4.69, 9.17) is 0 Å². The van der Waals surface area contributed by atoms with Gasteiger partial charge in [-0.05, 0) is 25.3 Å². The molecule has 3 rings (SSSR count). The van der Waals surface area contributed by atoms with Crippen molar-refractivity contribution in [3.05, 3.63) is 35.4 Å². The van der Waals surface area contributed by atoms with Crippen LogP contribution in [0.1, 0.15) is 50.7 Å². The first-order valence-corrected chi connectivity index (χ1v) is 10.8. The number of hydrogen-bond acceptors (Lipinski definition) is 3. The zero-order chi connectivity index (χ0) is 18.7. The van der Waals surface area contributed by atoms with Crippen LogP contribution in [-0.4, -0.2) is 40.9 Å². The summed E-state index contributed by atoms with van der Waals surface area (Å²) >= 11 is 1.68. The molecular weight excluding hydrogens is 344 g/mol. The highest BCUT2D eigenvalue weighted by molar-refractivity contribution is 7.99. The van der Waals surface area contributed by atoms with Crippen LogP contribution in [0, 0.1) is 12.8 Å². The molecule has 26 heavy (non-hydrogen) atoms. The van der Waals surface area contributed by atoms with Crippen molar-refractivity contribution in [2.75, 3.05) is 18.2 Å². The lowest BCUT2D eigenvalue weighted by Crippen LogP contribution is -2.50. The number of thioether (sulfide) groups is 1. The summed E-state index contributed by atoms with van der Waals surface area (Å²) in [5.41, 5.74) is 2.30. The number of nitrogens with one attached hydrogen (secondary N) is 1. The number of amides is 2. The third kappa shape index (κ3) is 4.25. The van der Waals surface area contributed by atoms with Crippen molar-refractivity contribution in [1.82, 2.24) is 10.2 Å². The van der Waals surface area contributed by atoms with Crippen molar-refractivity contribution >= 4 is 23.6 Å². The third-order valence-corrected chi connectivity index (χ3v) is 6.69. The van der Waals surface area contributed by atoms with Gasteiger partial charge in [-0.25, -0.2) is 0 Å². The van der Waals surface area contributed by atoms with Crippen molar-refractivity contribution in [2.24, 2.45) is 5.92 Å². The van der Waals surface area contributed by atoms with Gasteiger partial charge in [0.15, 0.2) is 0 Å². The maximum Gasteiger partial charge on any atom is 0.243 e. The van der Waals surface area contributed by atoms with Gasteiger partial charge < -0.3 is 10.2 Å². The van der Waals surface area contributed by atoms with Gasteiger partial charge in [-0.3, -0.25) is 9.59 Å². The lowest BCUT2D eigenvalue weighted by molar-refractivity contribution is -0.141. The molecule has 0 bridgehead atoms. The first-order chi connectivity index (χ1) is 12.4. The van der Waals surface area contributed by atoms with Gasteiger partial charge in [0.2, 0.25) is 11.8 Å². The molecule has 2 fully saturated rings. The first kappa shape index (κ1) is 19.3. The summed E-state index contributed by atoms with van der Waals surface area (Å²) in [5.74, 6) is 1.66. The molecule has 1 aromatic rings. The summed E-state index contributed by atoms with van der Waals surface area (Å²) < 4.78 is 0. The second kappa shape index (κ2) is 8.03. The van der Waals surface area contributed by atoms with Gasteiger partial charge in [-0.2, -0.15) is 0 Å². The Hall–Kier alpha value is -1.49. The highest BCUT2D eigenvalue weighted by Crippen LogP contribution is 2.31. The average Bonchev–Trinajstić information content (AvgIpc) is 3.30. The lowest BCUT2D eigenvalue weighted by Gasteiger charge is -2.29. The van der Waals surface area contributed by atoms with E-state index in [9.17, 15) is 9.59 Å². The number of nitrogens with zero attached hydrogens (tertiary/aromatic N) is 1. The fraction of sp³-hybridized carbons (Fsp3) is 0.619. The molecule has 2 amide bonds. The normalized spacial score (nSPS) is 21.2. The Morgan fingerprint density at radius 3 is 2.69 bits per heavy atom. The van der Waals surface area contributed by atoms with Crippen LogP contribution < -0.4 is 5.32 Å². The van der Waals surface area contributed by atoms with Gasteiger partial charge in [-0.15, -0.1) is 11.8 Å². The monoisotopic (exact) mass is 374 g/mol. The van der Waals surface area contributed by atoms with Crippen LogP contribution in [0.4, 0.5) is 0 Å². The quantitative estimate of drug-likeness (QED) is 0.858. The summed E-state index contributed by atoms with van der Waals surface area (Å²) in [5, 5.41) is 3.11. The minimum Gasteiger partial charge on any atom is -0.353 e. The number of hydrogen-bond donors (Lipinski definition) is 1. The summed E-state index contributed by atoms with van der Waals surface area (Å²) in [4.78, 5) is 27.4. The van der Waals surface area contributed by atoms with Gasteiger partial charge in [-0.1, -0.05) is 56.5 Å². The Balaban J connectivity index is 1.60. The molecule has 1 aliphatic heterocycles. The molecule has 0 radical (unpaired) electrons. The summed E-state index contributed by atoms with van der Waals surface area (Å²) in [6, 6.07) is 8.11. The highest BCUT2D eigenvalue weighted by atomic mass is 32.2. The van der Waals surface area contributed by atoms with E-state index < -0.39 is 0 Å². The van der Waals surface area contributed by atoms with Crippen molar-refractivity contribution in [1.29, 1.82) is 0 Å². The molecule has 1 aliphatic carbocycles. The molecule has 4 nitrogen and oxygen atoms in total. The van der Waals surface area contributed by atoms with Crippen molar-refractivity contribution < 1.29 is 9.59 Å². The second-order valence-corrected chi connectivity index (χ2v) is 9.28. The molecule has 1 saturated carbocycles. The number of carbonyl (C=O) groups excluding carboxylic acids is 2. The van der Waals surface area contributed by atoms with Crippen LogP contribution in [0.25, 0.3) is 0 Å². The van der Waals surface area contributed by atoms with Crippen LogP contribution in [0.3, 0.4) is 0 Å². The zero-order valence-corrected chi connectivity index (χ0v) is 16.9. The molecule has 0 aromatic heterocycles. The van der Waals surface area contributed by atoms with Crippen LogP contribution in [0.5, 0.6) is 0 Å². The van der Waals surface area contributed by atoms with Gasteiger partial charge in [0.25, 0.3) is 0 Å². The van der Waals surface area contributed by atoms with Crippen LogP contribution in [-0.2, 0) is 15.0 Å². The van der Waals surface area contributed by atoms with E-state index in [2.05, 4.69) is 50.4 Å². The standard InChI is InChI=1S/C21H30N2O2S/c1-15-7-6-10-17(11-15)21(2,3)13-22-19(24)18-12-26-14-23(18)20(25)16-8-4-5-9-16/h6-7,10-11,16,18H,4-5,8-9,12-14H2,1-3H3,(H,22,24). The van der Waals surface area contributed by atoms with Crippen molar-refractivity contribution in [3.63, 3.8) is 0 Å². The van der Waals surface area contributed by atoms with Crippen LogP contribution in [0.15, 0.2) is 24.3 Å². The smallest absolute Gasteiger partial charge is 0.243 e. The summed E-state index contributed by atoms with van der Waals surface area (Å²) in [6.07, 6.45) is 4.24. The lowest BCUT2D eigenvalue weighted by atomic mass is 9.84. The number of carbonyl (C=O) groups is 2. The molecule has 1 unspecified atom stereocenters. The summed E-state index contributed by atoms with van der Waals surface area (Å²) in [6.45, 7) is 6.95. The molecule has 5 heteroatoms. The van der Waals surface area contributed by atoms with E-state index >= 15 is 0 Å². The Bertz CT molecular complexity index is 668. The Kier molecular flexibility index (Phi) is 5.96. The molecular formula is C21H30N2O2S. The minimum absolute atomic E-state index is 0.0120. The largest absolute Gasteiger partial charge is 0.353 e. The minimum atomic E-state index is -0.318. The van der Waals surface area contributed by atoms with Gasteiger partial charge in [0.1, 0.15) is 6.04 Å². The fourth-order valence-corrected chi connectivity index (χ4v) is 5.04. The number of rotatable bonds is 5. The molecule has 1 aromatic carbocycles. The highest BCUT2D eigenvalue weighted by Gasteiger charge is 2.38. The van der Waals surface area contributed by atoms with E-state index in [-0.39, 0.29) is 29.2 Å². The molecule has 1 saturated heterocycles. The van der Waals surface area contributed by atoms with E-state index in [1.165, 1.54) is 11.1 Å². The van der Waals surface area contributed by atoms with Crippen LogP contribution >= 0.6 is 11.8 Å². The molecule has 142 valence electrons. The SMILES string of the molecule is Cc1cccc(C(C)(C)CNC(=O)C2CSCN2C(=O)C2CCCC2)c1.